The smallest absolute Gasteiger partial charge is 0.316 e. The predicted octanol–water partition coefficient (Wildman–Crippen LogP) is 2.37. The molecule has 0 aromatic heterocycles. The first-order valence-corrected chi connectivity index (χ1v) is 7.79. The normalized spacial score (nSPS) is 16.4. The van der Waals surface area contributed by atoms with Gasteiger partial charge >= 0.3 is 5.97 Å². The van der Waals surface area contributed by atoms with E-state index < -0.39 is 16.8 Å². The van der Waals surface area contributed by atoms with E-state index in [9.17, 15) is 24.5 Å². The van der Waals surface area contributed by atoms with Gasteiger partial charge in [-0.05, 0) is 36.4 Å². The van der Waals surface area contributed by atoms with Crippen molar-refractivity contribution in [2.75, 3.05) is 11.4 Å². The number of amides is 1. The molecule has 0 aliphatic carbocycles. The maximum atomic E-state index is 12.3. The number of nitrogens with zero attached hydrogens (tertiary/aromatic N) is 2. The summed E-state index contributed by atoms with van der Waals surface area (Å²) in [4.78, 5) is 46.7. The van der Waals surface area contributed by atoms with E-state index in [1.54, 1.807) is 0 Å². The van der Waals surface area contributed by atoms with Crippen molar-refractivity contribution in [3.05, 3.63) is 64.2 Å². The molecule has 0 unspecified atom stereocenters. The molecule has 0 saturated carbocycles. The second kappa shape index (κ2) is 7.14. The van der Waals surface area contributed by atoms with Crippen LogP contribution in [0.2, 0.25) is 0 Å². The van der Waals surface area contributed by atoms with Crippen LogP contribution in [-0.2, 0) is 9.59 Å². The Hall–Kier alpha value is -3.55. The standard InChI is InChI=1S/C18H14N2O6/c21-11-12-1-7-16(8-2-12)26-18(23)13-9-17(22)19(10-13)14-3-5-15(6-4-14)20(24)25/h1-8,11,13H,9-10H2/t13-/m0/s1. The number of aldehydes is 1. The number of carbonyl (C=O) groups excluding carboxylic acids is 3. The van der Waals surface area contributed by atoms with Gasteiger partial charge in [0.25, 0.3) is 5.69 Å². The summed E-state index contributed by atoms with van der Waals surface area (Å²) in [5.41, 5.74) is 0.881. The van der Waals surface area contributed by atoms with Gasteiger partial charge in [0, 0.05) is 36.3 Å². The van der Waals surface area contributed by atoms with Crippen molar-refractivity contribution in [1.82, 2.24) is 0 Å². The molecular formula is C18H14N2O6. The zero-order valence-corrected chi connectivity index (χ0v) is 13.5. The van der Waals surface area contributed by atoms with Gasteiger partial charge in [0.1, 0.15) is 12.0 Å². The van der Waals surface area contributed by atoms with Gasteiger partial charge in [-0.25, -0.2) is 0 Å². The minimum Gasteiger partial charge on any atom is -0.426 e. The molecule has 0 bridgehead atoms. The van der Waals surface area contributed by atoms with Crippen LogP contribution in [0.1, 0.15) is 16.8 Å². The monoisotopic (exact) mass is 354 g/mol. The molecule has 1 aliphatic heterocycles. The molecule has 0 spiro atoms. The first kappa shape index (κ1) is 17.3. The largest absolute Gasteiger partial charge is 0.426 e. The maximum Gasteiger partial charge on any atom is 0.316 e. The van der Waals surface area contributed by atoms with Crippen LogP contribution in [0.25, 0.3) is 0 Å². The van der Waals surface area contributed by atoms with E-state index >= 15 is 0 Å². The van der Waals surface area contributed by atoms with Crippen molar-refractivity contribution in [3.63, 3.8) is 0 Å². The van der Waals surface area contributed by atoms with Gasteiger partial charge in [-0.15, -0.1) is 0 Å². The van der Waals surface area contributed by atoms with E-state index in [1.807, 2.05) is 0 Å². The molecular weight excluding hydrogens is 340 g/mol. The molecule has 8 heteroatoms. The first-order valence-electron chi connectivity index (χ1n) is 7.79. The van der Waals surface area contributed by atoms with Gasteiger partial charge in [-0.1, -0.05) is 0 Å². The fourth-order valence-corrected chi connectivity index (χ4v) is 2.68. The fraction of sp³-hybridized carbons (Fsp3) is 0.167. The molecule has 2 aromatic rings. The van der Waals surface area contributed by atoms with Crippen LogP contribution in [0.4, 0.5) is 11.4 Å². The third-order valence-electron chi connectivity index (χ3n) is 4.07. The van der Waals surface area contributed by atoms with E-state index in [1.165, 1.54) is 53.4 Å². The number of esters is 1. The Morgan fingerprint density at radius 1 is 1.15 bits per heavy atom. The Labute approximate surface area is 148 Å². The number of nitro benzene ring substituents is 1. The number of non-ortho nitro benzene ring substituents is 1. The number of anilines is 1. The van der Waals surface area contributed by atoms with E-state index in [0.29, 0.717) is 23.3 Å². The number of benzene rings is 2. The van der Waals surface area contributed by atoms with Crippen LogP contribution in [0.3, 0.4) is 0 Å². The highest BCUT2D eigenvalue weighted by Gasteiger charge is 2.36. The Morgan fingerprint density at radius 2 is 1.81 bits per heavy atom. The van der Waals surface area contributed by atoms with E-state index in [4.69, 9.17) is 4.74 Å². The third-order valence-corrected chi connectivity index (χ3v) is 4.07. The minimum atomic E-state index is -0.636. The van der Waals surface area contributed by atoms with Crippen LogP contribution in [-0.4, -0.2) is 29.6 Å². The molecule has 1 heterocycles. The van der Waals surface area contributed by atoms with Crippen molar-refractivity contribution < 1.29 is 24.0 Å². The average molecular weight is 354 g/mol. The van der Waals surface area contributed by atoms with Crippen LogP contribution in [0, 0.1) is 16.0 Å². The number of carbonyl (C=O) groups is 3. The summed E-state index contributed by atoms with van der Waals surface area (Å²) in [6, 6.07) is 11.6. The van der Waals surface area contributed by atoms with Crippen LogP contribution in [0.5, 0.6) is 5.75 Å². The van der Waals surface area contributed by atoms with Gasteiger partial charge in [-0.3, -0.25) is 24.5 Å². The first-order chi connectivity index (χ1) is 12.5. The van der Waals surface area contributed by atoms with Crippen LogP contribution >= 0.6 is 0 Å². The maximum absolute atomic E-state index is 12.3. The Bertz CT molecular complexity index is 860. The molecule has 2 aromatic carbocycles. The zero-order chi connectivity index (χ0) is 18.7. The van der Waals surface area contributed by atoms with Gasteiger partial charge in [0.15, 0.2) is 0 Å². The Balaban J connectivity index is 1.67. The summed E-state index contributed by atoms with van der Waals surface area (Å²) in [7, 11) is 0. The summed E-state index contributed by atoms with van der Waals surface area (Å²) in [5, 5.41) is 10.7. The molecule has 0 radical (unpaired) electrons. The average Bonchev–Trinajstić information content (AvgIpc) is 3.04. The number of hydrogen-bond donors (Lipinski definition) is 0. The van der Waals surface area contributed by atoms with E-state index in [0.717, 1.165) is 0 Å². The van der Waals surface area contributed by atoms with Gasteiger partial charge in [0.05, 0.1) is 10.8 Å². The quantitative estimate of drug-likeness (QED) is 0.268. The lowest BCUT2D eigenvalue weighted by atomic mass is 10.1. The van der Waals surface area contributed by atoms with Crippen LogP contribution < -0.4 is 9.64 Å². The molecule has 8 nitrogen and oxygen atoms in total. The van der Waals surface area contributed by atoms with Crippen molar-refractivity contribution in [3.8, 4) is 5.75 Å². The number of hydrogen-bond acceptors (Lipinski definition) is 6. The molecule has 1 aliphatic rings. The zero-order valence-electron chi connectivity index (χ0n) is 13.5. The van der Waals surface area contributed by atoms with Crippen molar-refractivity contribution in [2.24, 2.45) is 5.92 Å². The molecule has 3 rings (SSSR count). The highest BCUT2D eigenvalue weighted by Crippen LogP contribution is 2.28. The minimum absolute atomic E-state index is 0.00222. The highest BCUT2D eigenvalue weighted by molar-refractivity contribution is 5.99. The molecule has 132 valence electrons. The van der Waals surface area contributed by atoms with Crippen LogP contribution in [0.15, 0.2) is 48.5 Å². The SMILES string of the molecule is O=Cc1ccc(OC(=O)[C@H]2CC(=O)N(c3ccc([N+](=O)[O-])cc3)C2)cc1. The van der Waals surface area contributed by atoms with Crippen molar-refractivity contribution in [2.45, 2.75) is 6.42 Å². The van der Waals surface area contributed by atoms with Gasteiger partial charge < -0.3 is 9.64 Å². The molecule has 0 N–H and O–H groups in total. The molecule has 1 atom stereocenters. The summed E-state index contributed by atoms with van der Waals surface area (Å²) in [6.07, 6.45) is 0.686. The third kappa shape index (κ3) is 3.59. The van der Waals surface area contributed by atoms with Crippen molar-refractivity contribution >= 4 is 29.5 Å². The molecule has 1 fully saturated rings. The lowest BCUT2D eigenvalue weighted by Crippen LogP contribution is -2.27. The topological polar surface area (TPSA) is 107 Å². The lowest BCUT2D eigenvalue weighted by molar-refractivity contribution is -0.384. The summed E-state index contributed by atoms with van der Waals surface area (Å²) in [5.74, 6) is -1.14. The summed E-state index contributed by atoms with van der Waals surface area (Å²) < 4.78 is 5.26. The Morgan fingerprint density at radius 3 is 2.38 bits per heavy atom. The summed E-state index contributed by atoms with van der Waals surface area (Å²) in [6.45, 7) is 0.141. The van der Waals surface area contributed by atoms with Gasteiger partial charge in [-0.2, -0.15) is 0 Å². The van der Waals surface area contributed by atoms with Crippen molar-refractivity contribution in [1.29, 1.82) is 0 Å². The lowest BCUT2D eigenvalue weighted by Gasteiger charge is -2.16. The second-order valence-electron chi connectivity index (χ2n) is 5.79. The molecule has 1 saturated heterocycles. The molecule has 26 heavy (non-hydrogen) atoms. The second-order valence-corrected chi connectivity index (χ2v) is 5.79. The van der Waals surface area contributed by atoms with Gasteiger partial charge in [0.2, 0.25) is 5.91 Å². The number of rotatable bonds is 5. The fourth-order valence-electron chi connectivity index (χ4n) is 2.68. The van der Waals surface area contributed by atoms with E-state index in [2.05, 4.69) is 0 Å². The summed E-state index contributed by atoms with van der Waals surface area (Å²) >= 11 is 0. The Kier molecular flexibility index (Phi) is 4.74. The predicted molar refractivity (Wildman–Crippen MR) is 91.0 cm³/mol. The highest BCUT2D eigenvalue weighted by atomic mass is 16.6. The number of ether oxygens (including phenoxy) is 1. The number of nitro groups is 1. The van der Waals surface area contributed by atoms with E-state index in [-0.39, 0.29) is 24.6 Å². The molecule has 1 amide bonds.